The average Bonchev–Trinajstić information content (AvgIpc) is 3.40. The monoisotopic (exact) mass is 1020 g/mol. The van der Waals surface area contributed by atoms with E-state index >= 15 is 0 Å². The van der Waals surface area contributed by atoms with Crippen molar-refractivity contribution in [3.63, 3.8) is 0 Å². The number of ether oxygens (including phenoxy) is 8. The molecule has 15 heteroatoms. The Kier molecular flexibility index (Phi) is 37.4. The van der Waals surface area contributed by atoms with Crippen molar-refractivity contribution in [1.82, 2.24) is 0 Å². The van der Waals surface area contributed by atoms with Crippen LogP contribution < -0.4 is 18.9 Å². The van der Waals surface area contributed by atoms with Gasteiger partial charge in [-0.25, -0.2) is 9.59 Å². The highest BCUT2D eigenvalue weighted by Crippen LogP contribution is 2.39. The lowest BCUT2D eigenvalue weighted by Crippen LogP contribution is -2.32. The lowest BCUT2D eigenvalue weighted by molar-refractivity contribution is -0.164. The molecule has 0 amide bonds. The van der Waals surface area contributed by atoms with E-state index in [2.05, 4.69) is 55.4 Å². The fourth-order valence-corrected chi connectivity index (χ4v) is 7.67. The molecule has 0 radical (unpaired) electrons. The van der Waals surface area contributed by atoms with E-state index in [9.17, 15) is 29.4 Å². The van der Waals surface area contributed by atoms with Gasteiger partial charge in [-0.2, -0.15) is 0 Å². The van der Waals surface area contributed by atoms with Gasteiger partial charge >= 0.3 is 23.9 Å². The van der Waals surface area contributed by atoms with Crippen molar-refractivity contribution in [2.45, 2.75) is 165 Å². The fraction of sp³-hybridized carbons (Fsp3) is 0.684. The van der Waals surface area contributed by atoms with Crippen LogP contribution in [0.1, 0.15) is 169 Å². The second-order valence-corrected chi connectivity index (χ2v) is 18.1. The molecule has 0 fully saturated rings. The molecule has 4 unspecified atom stereocenters. The van der Waals surface area contributed by atoms with E-state index in [-0.39, 0.29) is 96.6 Å². The number of methoxy groups -OCH3 is 4. The zero-order valence-corrected chi connectivity index (χ0v) is 46.4. The SMILES string of the molecule is CCCCC(CC)COC(=O)C(=Cc1cc(OC)c(O)c(OC)c1)C(=O)OCC(CC)CCCC.CCCCC(CC)COC(=O)C(Cc1cc(OC)c(O)c(OC)c1)C(=O)OCC(CC)CCCC.CO. The molecule has 0 bridgehead atoms. The molecule has 0 aromatic heterocycles. The first-order chi connectivity index (χ1) is 34.7. The molecule has 0 spiro atoms. The summed E-state index contributed by atoms with van der Waals surface area (Å²) in [7, 11) is 6.68. The summed E-state index contributed by atoms with van der Waals surface area (Å²) in [6.45, 7) is 17.9. The molecule has 0 aliphatic heterocycles. The van der Waals surface area contributed by atoms with Crippen molar-refractivity contribution in [3.8, 4) is 34.5 Å². The van der Waals surface area contributed by atoms with Crippen molar-refractivity contribution in [1.29, 1.82) is 0 Å². The first kappa shape index (κ1) is 66.8. The Labute approximate surface area is 432 Å². The number of unbranched alkanes of at least 4 members (excludes halogenated alkanes) is 4. The Bertz CT molecular complexity index is 1730. The van der Waals surface area contributed by atoms with Crippen LogP contribution in [0, 0.1) is 29.6 Å². The van der Waals surface area contributed by atoms with Crippen LogP contribution in [-0.2, 0) is 44.5 Å². The van der Waals surface area contributed by atoms with E-state index in [0.717, 1.165) is 110 Å². The minimum Gasteiger partial charge on any atom is -0.502 e. The number of carbonyl (C=O) groups excluding carboxylic acids is 4. The maximum Gasteiger partial charge on any atom is 0.345 e. The smallest absolute Gasteiger partial charge is 0.345 e. The third-order valence-electron chi connectivity index (χ3n) is 12.8. The summed E-state index contributed by atoms with van der Waals surface area (Å²) < 4.78 is 43.2. The topological polar surface area (TPSA) is 203 Å². The largest absolute Gasteiger partial charge is 0.502 e. The molecular weight excluding hydrogens is 925 g/mol. The van der Waals surface area contributed by atoms with Crippen molar-refractivity contribution in [2.75, 3.05) is 62.0 Å². The summed E-state index contributed by atoms with van der Waals surface area (Å²) in [4.78, 5) is 52.3. The van der Waals surface area contributed by atoms with E-state index in [0.29, 0.717) is 11.1 Å². The quantitative estimate of drug-likeness (QED) is 0.0193. The van der Waals surface area contributed by atoms with Crippen LogP contribution in [0.15, 0.2) is 29.8 Å². The van der Waals surface area contributed by atoms with Crippen LogP contribution >= 0.6 is 0 Å². The van der Waals surface area contributed by atoms with Crippen LogP contribution in [0.5, 0.6) is 34.5 Å². The Hall–Kier alpha value is -5.18. The van der Waals surface area contributed by atoms with E-state index in [4.69, 9.17) is 43.0 Å². The second kappa shape index (κ2) is 40.3. The van der Waals surface area contributed by atoms with Crippen molar-refractivity contribution < 1.29 is 72.4 Å². The molecule has 0 saturated heterocycles. The number of phenolic OH excluding ortho intramolecular Hbond substituents is 2. The minimum absolute atomic E-state index is 0.0577. The van der Waals surface area contributed by atoms with Crippen molar-refractivity contribution in [3.05, 3.63) is 41.0 Å². The van der Waals surface area contributed by atoms with Gasteiger partial charge in [0, 0.05) is 7.11 Å². The molecule has 3 N–H and O–H groups in total. The third-order valence-corrected chi connectivity index (χ3v) is 12.8. The van der Waals surface area contributed by atoms with E-state index in [1.807, 2.05) is 0 Å². The fourth-order valence-electron chi connectivity index (χ4n) is 7.67. The molecule has 0 saturated carbocycles. The number of benzene rings is 2. The number of aromatic hydroxyl groups is 2. The standard InChI is InChI=1S/C28H46O7.C28H44O7.CH4O/c2*1-7-11-13-20(9-3)18-34-27(30)23(28(31)35-19-21(10-4)14-12-8-2)15-22-16-24(32-5)26(29)25(17-22)33-6;1-2/h16-17,20-21,23,29H,7-15,18-19H2,1-6H3;15-17,20-21,29H,7-14,18-19H2,1-6H3;2H,1H3. The van der Waals surface area contributed by atoms with Gasteiger partial charge in [0.1, 0.15) is 5.57 Å². The molecule has 0 aliphatic carbocycles. The summed E-state index contributed by atoms with van der Waals surface area (Å²) in [6.07, 6.45) is 17.5. The maximum atomic E-state index is 13.1. The minimum atomic E-state index is -1.11. The molecule has 412 valence electrons. The number of aliphatic hydroxyl groups excluding tert-OH is 1. The molecule has 2 aromatic carbocycles. The highest BCUT2D eigenvalue weighted by atomic mass is 16.6. The molecule has 72 heavy (non-hydrogen) atoms. The summed E-state index contributed by atoms with van der Waals surface area (Å²) in [5.74, 6) is -2.29. The Morgan fingerprint density at radius 2 is 0.764 bits per heavy atom. The molecule has 15 nitrogen and oxygen atoms in total. The first-order valence-electron chi connectivity index (χ1n) is 26.4. The third kappa shape index (κ3) is 25.0. The van der Waals surface area contributed by atoms with Gasteiger partial charge in [0.15, 0.2) is 28.9 Å². The Balaban J connectivity index is 0.00000135. The van der Waals surface area contributed by atoms with Gasteiger partial charge in [-0.1, -0.05) is 132 Å². The second-order valence-electron chi connectivity index (χ2n) is 18.1. The maximum absolute atomic E-state index is 13.1. The predicted octanol–water partition coefficient (Wildman–Crippen LogP) is 12.0. The van der Waals surface area contributed by atoms with Gasteiger partial charge in [-0.05, 0) is 97.2 Å². The number of rotatable bonds is 35. The Morgan fingerprint density at radius 1 is 0.472 bits per heavy atom. The van der Waals surface area contributed by atoms with Gasteiger partial charge in [0.2, 0.25) is 11.5 Å². The van der Waals surface area contributed by atoms with E-state index < -0.39 is 29.8 Å². The van der Waals surface area contributed by atoms with Gasteiger partial charge in [0.25, 0.3) is 0 Å². The molecule has 2 aromatic rings. The zero-order chi connectivity index (χ0) is 54.4. The highest BCUT2D eigenvalue weighted by molar-refractivity contribution is 6.17. The Morgan fingerprint density at radius 3 is 1.04 bits per heavy atom. The number of esters is 4. The average molecular weight is 1020 g/mol. The first-order valence-corrected chi connectivity index (χ1v) is 26.4. The molecule has 4 atom stereocenters. The van der Waals surface area contributed by atoms with Crippen LogP contribution in [0.4, 0.5) is 0 Å². The number of aliphatic hydroxyl groups is 1. The molecular formula is C57H94O15. The number of phenols is 2. The van der Waals surface area contributed by atoms with Gasteiger partial charge in [0.05, 0.1) is 54.9 Å². The molecule has 2 rings (SSSR count). The number of hydrogen-bond donors (Lipinski definition) is 3. The lowest BCUT2D eigenvalue weighted by atomic mass is 9.97. The van der Waals surface area contributed by atoms with Gasteiger partial charge in [-0.15, -0.1) is 0 Å². The summed E-state index contributed by atoms with van der Waals surface area (Å²) >= 11 is 0. The highest BCUT2D eigenvalue weighted by Gasteiger charge is 2.32. The molecule has 0 heterocycles. The normalized spacial score (nSPS) is 12.7. The summed E-state index contributed by atoms with van der Waals surface area (Å²) in [5.41, 5.74) is 0.846. The van der Waals surface area contributed by atoms with Crippen LogP contribution in [-0.4, -0.2) is 101 Å². The molecule has 0 aliphatic rings. The number of hydrogen-bond acceptors (Lipinski definition) is 15. The van der Waals surface area contributed by atoms with Gasteiger partial charge < -0.3 is 53.2 Å². The van der Waals surface area contributed by atoms with Crippen LogP contribution in [0.2, 0.25) is 0 Å². The van der Waals surface area contributed by atoms with E-state index in [1.165, 1.54) is 46.6 Å². The zero-order valence-electron chi connectivity index (χ0n) is 46.4. The van der Waals surface area contributed by atoms with E-state index in [1.54, 1.807) is 12.1 Å². The summed E-state index contributed by atoms with van der Waals surface area (Å²) in [5, 5.41) is 27.4. The van der Waals surface area contributed by atoms with Crippen molar-refractivity contribution >= 4 is 30.0 Å². The van der Waals surface area contributed by atoms with Crippen molar-refractivity contribution in [2.24, 2.45) is 29.6 Å². The van der Waals surface area contributed by atoms with Crippen LogP contribution in [0.25, 0.3) is 6.08 Å². The summed E-state index contributed by atoms with van der Waals surface area (Å²) in [6, 6.07) is 6.23. The lowest BCUT2D eigenvalue weighted by Gasteiger charge is -2.21. The van der Waals surface area contributed by atoms with Gasteiger partial charge in [-0.3, -0.25) is 9.59 Å². The number of carbonyl (C=O) groups is 4. The van der Waals surface area contributed by atoms with Crippen LogP contribution in [0.3, 0.4) is 0 Å². The predicted molar refractivity (Wildman–Crippen MR) is 283 cm³/mol.